The van der Waals surface area contributed by atoms with E-state index >= 15 is 0 Å². The molecule has 1 aliphatic rings. The molecule has 0 radical (unpaired) electrons. The Bertz CT molecular complexity index is 1150. The topological polar surface area (TPSA) is 87.8 Å². The molecule has 3 N–H and O–H groups in total. The third-order valence-electron chi connectivity index (χ3n) is 6.35. The largest absolute Gasteiger partial charge is 0.369 e. The second-order valence-corrected chi connectivity index (χ2v) is 8.49. The van der Waals surface area contributed by atoms with Crippen molar-refractivity contribution in [2.75, 3.05) is 0 Å². The molecule has 2 amide bonds. The lowest BCUT2D eigenvalue weighted by atomic mass is 9.83. The van der Waals surface area contributed by atoms with E-state index in [-0.39, 0.29) is 30.4 Å². The summed E-state index contributed by atoms with van der Waals surface area (Å²) in [7, 11) is 0. The average molecular weight is 455 g/mol. The van der Waals surface area contributed by atoms with Gasteiger partial charge in [0.25, 0.3) is 11.8 Å². The molecule has 0 aliphatic carbocycles. The first-order valence-electron chi connectivity index (χ1n) is 11.7. The van der Waals surface area contributed by atoms with Gasteiger partial charge in [0.1, 0.15) is 0 Å². The van der Waals surface area contributed by atoms with Crippen LogP contribution in [0.2, 0.25) is 0 Å². The van der Waals surface area contributed by atoms with E-state index in [1.165, 1.54) is 4.90 Å². The standard InChI is InChI=1S/C28H30N4O2/c1-3-24(4-2)30-25(33)21-13-11-12-20(18-21)19-32-26(34)28(31-27(32)29,22-14-7-5-8-15-22)23-16-9-6-10-17-23/h5-18,24H,3-4,19H2,1-2H3,(H2,29,31)(H,30,33). The number of amides is 2. The fraction of sp³-hybridized carbons (Fsp3) is 0.250. The molecule has 0 unspecified atom stereocenters. The maximum absolute atomic E-state index is 13.9. The van der Waals surface area contributed by atoms with Crippen molar-refractivity contribution in [3.05, 3.63) is 107 Å². The molecular formula is C28H30N4O2. The van der Waals surface area contributed by atoms with Crippen LogP contribution >= 0.6 is 0 Å². The van der Waals surface area contributed by atoms with Crippen molar-refractivity contribution in [2.45, 2.75) is 44.8 Å². The van der Waals surface area contributed by atoms with Crippen LogP contribution < -0.4 is 11.1 Å². The van der Waals surface area contributed by atoms with Crippen molar-refractivity contribution >= 4 is 17.8 Å². The van der Waals surface area contributed by atoms with Gasteiger partial charge in [0.2, 0.25) is 0 Å². The molecule has 0 saturated heterocycles. The van der Waals surface area contributed by atoms with Gasteiger partial charge in [-0.15, -0.1) is 0 Å². The molecule has 0 saturated carbocycles. The molecule has 34 heavy (non-hydrogen) atoms. The lowest BCUT2D eigenvalue weighted by Crippen LogP contribution is -2.43. The molecule has 0 spiro atoms. The Balaban J connectivity index is 1.65. The van der Waals surface area contributed by atoms with E-state index in [1.807, 2.05) is 78.9 Å². The number of nitrogens with zero attached hydrogens (tertiary/aromatic N) is 2. The third kappa shape index (κ3) is 4.31. The van der Waals surface area contributed by atoms with Crippen LogP contribution in [0.4, 0.5) is 0 Å². The number of rotatable bonds is 8. The molecular weight excluding hydrogens is 424 g/mol. The molecule has 4 rings (SSSR count). The molecule has 174 valence electrons. The zero-order valence-corrected chi connectivity index (χ0v) is 19.6. The summed E-state index contributed by atoms with van der Waals surface area (Å²) >= 11 is 0. The predicted octanol–water partition coefficient (Wildman–Crippen LogP) is 4.21. The SMILES string of the molecule is CCC(CC)NC(=O)c1cccc(CN2C(=O)C(c3ccccc3)(c3ccccc3)N=C2N)c1. The summed E-state index contributed by atoms with van der Waals surface area (Å²) in [6.07, 6.45) is 1.75. The number of nitrogens with one attached hydrogen (secondary N) is 1. The van der Waals surface area contributed by atoms with Crippen LogP contribution in [0, 0.1) is 0 Å². The maximum atomic E-state index is 13.9. The fourth-order valence-electron chi connectivity index (χ4n) is 4.39. The van der Waals surface area contributed by atoms with Crippen molar-refractivity contribution in [2.24, 2.45) is 10.7 Å². The van der Waals surface area contributed by atoms with Gasteiger partial charge in [0.15, 0.2) is 11.5 Å². The minimum absolute atomic E-state index is 0.118. The molecule has 3 aromatic carbocycles. The van der Waals surface area contributed by atoms with Crippen LogP contribution in [0.3, 0.4) is 0 Å². The van der Waals surface area contributed by atoms with Gasteiger partial charge in [-0.2, -0.15) is 0 Å². The molecule has 6 heteroatoms. The second kappa shape index (κ2) is 9.91. The molecule has 3 aromatic rings. The smallest absolute Gasteiger partial charge is 0.266 e. The number of carbonyl (C=O) groups excluding carboxylic acids is 2. The monoisotopic (exact) mass is 454 g/mol. The lowest BCUT2D eigenvalue weighted by Gasteiger charge is -2.27. The summed E-state index contributed by atoms with van der Waals surface area (Å²) in [5.41, 5.74) is 7.99. The first-order chi connectivity index (χ1) is 16.5. The number of aliphatic imine (C=N–C) groups is 1. The summed E-state index contributed by atoms with van der Waals surface area (Å²) < 4.78 is 0. The Kier molecular flexibility index (Phi) is 6.77. The molecule has 0 atom stereocenters. The van der Waals surface area contributed by atoms with Crippen LogP contribution in [0.5, 0.6) is 0 Å². The van der Waals surface area contributed by atoms with E-state index < -0.39 is 5.54 Å². The molecule has 6 nitrogen and oxygen atoms in total. The highest BCUT2D eigenvalue weighted by molar-refractivity contribution is 6.09. The van der Waals surface area contributed by atoms with Crippen LogP contribution in [-0.4, -0.2) is 28.7 Å². The maximum Gasteiger partial charge on any atom is 0.266 e. The highest BCUT2D eigenvalue weighted by Gasteiger charge is 2.50. The fourth-order valence-corrected chi connectivity index (χ4v) is 4.39. The predicted molar refractivity (Wildman–Crippen MR) is 134 cm³/mol. The molecule has 0 bridgehead atoms. The van der Waals surface area contributed by atoms with Crippen molar-refractivity contribution in [1.29, 1.82) is 0 Å². The third-order valence-corrected chi connectivity index (χ3v) is 6.35. The Morgan fingerprint density at radius 1 is 0.941 bits per heavy atom. The second-order valence-electron chi connectivity index (χ2n) is 8.49. The number of hydrogen-bond acceptors (Lipinski definition) is 4. The normalized spacial score (nSPS) is 14.9. The molecule has 0 aromatic heterocycles. The van der Waals surface area contributed by atoms with Crippen LogP contribution in [-0.2, 0) is 16.9 Å². The van der Waals surface area contributed by atoms with Gasteiger partial charge < -0.3 is 11.1 Å². The highest BCUT2D eigenvalue weighted by Crippen LogP contribution is 2.39. The number of benzene rings is 3. The van der Waals surface area contributed by atoms with Crippen molar-refractivity contribution in [1.82, 2.24) is 10.2 Å². The van der Waals surface area contributed by atoms with E-state index in [0.717, 1.165) is 29.5 Å². The van der Waals surface area contributed by atoms with E-state index in [4.69, 9.17) is 10.7 Å². The van der Waals surface area contributed by atoms with E-state index in [1.54, 1.807) is 6.07 Å². The van der Waals surface area contributed by atoms with Gasteiger partial charge in [-0.25, -0.2) is 4.99 Å². The van der Waals surface area contributed by atoms with Crippen LogP contribution in [0.25, 0.3) is 0 Å². The Hall–Kier alpha value is -3.93. The molecule has 0 fully saturated rings. The van der Waals surface area contributed by atoms with E-state index in [0.29, 0.717) is 5.56 Å². The Morgan fingerprint density at radius 3 is 2.09 bits per heavy atom. The van der Waals surface area contributed by atoms with E-state index in [2.05, 4.69) is 19.2 Å². The summed E-state index contributed by atoms with van der Waals surface area (Å²) in [6, 6.07) is 26.4. The highest BCUT2D eigenvalue weighted by atomic mass is 16.2. The average Bonchev–Trinajstić information content (AvgIpc) is 3.14. The number of nitrogens with two attached hydrogens (primary N) is 1. The quantitative estimate of drug-likeness (QED) is 0.535. The summed E-state index contributed by atoms with van der Waals surface area (Å²) in [5.74, 6) is -0.174. The van der Waals surface area contributed by atoms with Gasteiger partial charge in [0.05, 0.1) is 6.54 Å². The van der Waals surface area contributed by atoms with Crippen LogP contribution in [0.15, 0.2) is 89.9 Å². The van der Waals surface area contributed by atoms with Crippen molar-refractivity contribution in [3.8, 4) is 0 Å². The summed E-state index contributed by atoms with van der Waals surface area (Å²) in [6.45, 7) is 4.33. The summed E-state index contributed by atoms with van der Waals surface area (Å²) in [4.78, 5) is 32.9. The van der Waals surface area contributed by atoms with Gasteiger partial charge in [-0.3, -0.25) is 14.5 Å². The van der Waals surface area contributed by atoms with Crippen molar-refractivity contribution < 1.29 is 9.59 Å². The number of guanidine groups is 1. The lowest BCUT2D eigenvalue weighted by molar-refractivity contribution is -0.130. The Morgan fingerprint density at radius 2 is 1.53 bits per heavy atom. The number of hydrogen-bond donors (Lipinski definition) is 2. The van der Waals surface area contributed by atoms with Gasteiger partial charge in [0, 0.05) is 11.6 Å². The van der Waals surface area contributed by atoms with Gasteiger partial charge >= 0.3 is 0 Å². The molecule has 1 heterocycles. The summed E-state index contributed by atoms with van der Waals surface area (Å²) in [5, 5.41) is 3.06. The zero-order valence-electron chi connectivity index (χ0n) is 19.6. The first-order valence-corrected chi connectivity index (χ1v) is 11.7. The van der Waals surface area contributed by atoms with Crippen LogP contribution in [0.1, 0.15) is 53.7 Å². The minimum Gasteiger partial charge on any atom is -0.369 e. The zero-order chi connectivity index (χ0) is 24.1. The van der Waals surface area contributed by atoms with Crippen molar-refractivity contribution in [3.63, 3.8) is 0 Å². The molecule has 1 aliphatic heterocycles. The van der Waals surface area contributed by atoms with Gasteiger partial charge in [-0.05, 0) is 41.7 Å². The Labute approximate surface area is 200 Å². The van der Waals surface area contributed by atoms with E-state index in [9.17, 15) is 9.59 Å². The first kappa shape index (κ1) is 23.2. The van der Waals surface area contributed by atoms with Gasteiger partial charge in [-0.1, -0.05) is 86.6 Å². The minimum atomic E-state index is -1.24. The number of carbonyl (C=O) groups is 2.